The van der Waals surface area contributed by atoms with Crippen LogP contribution in [0.15, 0.2) is 12.3 Å². The van der Waals surface area contributed by atoms with Gasteiger partial charge in [-0.3, -0.25) is 9.78 Å². The molecule has 1 atom stereocenters. The first kappa shape index (κ1) is 11.5. The van der Waals surface area contributed by atoms with Crippen molar-refractivity contribution in [3.8, 4) is 0 Å². The van der Waals surface area contributed by atoms with Gasteiger partial charge in [-0.05, 0) is 0 Å². The number of rotatable bonds is 3. The molecule has 2 N–H and O–H groups in total. The predicted octanol–water partition coefficient (Wildman–Crippen LogP) is 0.923. The van der Waals surface area contributed by atoms with Crippen LogP contribution in [-0.2, 0) is 9.53 Å². The Kier molecular flexibility index (Phi) is 3.68. The number of ether oxygens (including phenoxy) is 1. The van der Waals surface area contributed by atoms with Crippen molar-refractivity contribution in [2.24, 2.45) is 5.73 Å². The van der Waals surface area contributed by atoms with Gasteiger partial charge in [0.15, 0.2) is 0 Å². The summed E-state index contributed by atoms with van der Waals surface area (Å²) in [6.45, 7) is 0. The summed E-state index contributed by atoms with van der Waals surface area (Å²) >= 11 is 0. The molecule has 0 aliphatic carbocycles. The van der Waals surface area contributed by atoms with Gasteiger partial charge >= 0.3 is 5.97 Å². The first-order chi connectivity index (χ1) is 7.04. The number of pyridine rings is 1. The molecular weight excluding hydrogens is 206 g/mol. The molecule has 0 fully saturated rings. The van der Waals surface area contributed by atoms with Gasteiger partial charge in [-0.1, -0.05) is 0 Å². The van der Waals surface area contributed by atoms with E-state index >= 15 is 0 Å². The molecule has 0 amide bonds. The highest BCUT2D eigenvalue weighted by molar-refractivity contribution is 5.70. The van der Waals surface area contributed by atoms with Crippen LogP contribution >= 0.6 is 0 Å². The summed E-state index contributed by atoms with van der Waals surface area (Å²) in [7, 11) is 1.20. The summed E-state index contributed by atoms with van der Waals surface area (Å²) in [6.07, 6.45) is 0.640. The monoisotopic (exact) mass is 216 g/mol. The molecule has 0 aromatic carbocycles. The SMILES string of the molecule is COC(=O)C[C@H](N)c1ncc(F)cc1F. The van der Waals surface area contributed by atoms with Gasteiger partial charge in [0.1, 0.15) is 11.6 Å². The minimum absolute atomic E-state index is 0.151. The van der Waals surface area contributed by atoms with Crippen LogP contribution in [0.25, 0.3) is 0 Å². The number of hydrogen-bond donors (Lipinski definition) is 1. The molecule has 0 unspecified atom stereocenters. The number of carbonyl (C=O) groups is 1. The van der Waals surface area contributed by atoms with Crippen LogP contribution in [-0.4, -0.2) is 18.1 Å². The van der Waals surface area contributed by atoms with Crippen molar-refractivity contribution in [3.05, 3.63) is 29.6 Å². The smallest absolute Gasteiger partial charge is 0.307 e. The van der Waals surface area contributed by atoms with E-state index in [0.717, 1.165) is 6.20 Å². The topological polar surface area (TPSA) is 65.2 Å². The maximum absolute atomic E-state index is 13.1. The van der Waals surface area contributed by atoms with E-state index in [4.69, 9.17) is 5.73 Å². The lowest BCUT2D eigenvalue weighted by molar-refractivity contribution is -0.141. The fraction of sp³-hybridized carbons (Fsp3) is 0.333. The molecule has 1 rings (SSSR count). The highest BCUT2D eigenvalue weighted by Crippen LogP contribution is 2.16. The average molecular weight is 216 g/mol. The third-order valence-electron chi connectivity index (χ3n) is 1.80. The van der Waals surface area contributed by atoms with E-state index < -0.39 is 23.6 Å². The largest absolute Gasteiger partial charge is 0.469 e. The molecule has 0 spiro atoms. The van der Waals surface area contributed by atoms with Crippen molar-refractivity contribution in [3.63, 3.8) is 0 Å². The third-order valence-corrected chi connectivity index (χ3v) is 1.80. The van der Waals surface area contributed by atoms with Crippen molar-refractivity contribution < 1.29 is 18.3 Å². The maximum atomic E-state index is 13.1. The molecule has 6 heteroatoms. The van der Waals surface area contributed by atoms with Gasteiger partial charge in [-0.25, -0.2) is 8.78 Å². The third kappa shape index (κ3) is 2.95. The average Bonchev–Trinajstić information content (AvgIpc) is 2.17. The molecule has 15 heavy (non-hydrogen) atoms. The Morgan fingerprint density at radius 3 is 2.87 bits per heavy atom. The van der Waals surface area contributed by atoms with Crippen molar-refractivity contribution in [1.82, 2.24) is 4.98 Å². The van der Waals surface area contributed by atoms with Crippen LogP contribution in [0, 0.1) is 11.6 Å². The molecule has 0 aliphatic rings. The lowest BCUT2D eigenvalue weighted by Gasteiger charge is -2.09. The lowest BCUT2D eigenvalue weighted by atomic mass is 10.1. The van der Waals surface area contributed by atoms with Crippen LogP contribution in [0.4, 0.5) is 8.78 Å². The Labute approximate surface area is 85.1 Å². The highest BCUT2D eigenvalue weighted by atomic mass is 19.1. The van der Waals surface area contributed by atoms with E-state index in [1.807, 2.05) is 0 Å². The Hall–Kier alpha value is -1.56. The molecule has 0 saturated carbocycles. The maximum Gasteiger partial charge on any atom is 0.307 e. The zero-order chi connectivity index (χ0) is 11.4. The molecule has 1 heterocycles. The summed E-state index contributed by atoms with van der Waals surface area (Å²) < 4.78 is 30.0. The van der Waals surface area contributed by atoms with Gasteiger partial charge < -0.3 is 10.5 Å². The van der Waals surface area contributed by atoms with E-state index in [0.29, 0.717) is 6.07 Å². The van der Waals surface area contributed by atoms with E-state index in [9.17, 15) is 13.6 Å². The summed E-state index contributed by atoms with van der Waals surface area (Å²) in [6, 6.07) is -0.266. The zero-order valence-electron chi connectivity index (χ0n) is 8.04. The molecule has 0 radical (unpaired) electrons. The number of esters is 1. The Bertz CT molecular complexity index is 371. The fourth-order valence-electron chi connectivity index (χ4n) is 1.06. The standard InChI is InChI=1S/C9H10F2N2O2/c1-15-8(14)3-7(12)9-6(11)2-5(10)4-13-9/h2,4,7H,3,12H2,1H3/t7-/m0/s1. The quantitative estimate of drug-likeness (QED) is 0.763. The summed E-state index contributed by atoms with van der Waals surface area (Å²) in [4.78, 5) is 14.3. The zero-order valence-corrected chi connectivity index (χ0v) is 8.04. The second-order valence-electron chi connectivity index (χ2n) is 2.91. The van der Waals surface area contributed by atoms with E-state index in [1.165, 1.54) is 7.11 Å². The van der Waals surface area contributed by atoms with Crippen LogP contribution in [0.1, 0.15) is 18.2 Å². The van der Waals surface area contributed by atoms with Crippen LogP contribution < -0.4 is 5.73 Å². The number of nitrogens with zero attached hydrogens (tertiary/aromatic N) is 1. The van der Waals surface area contributed by atoms with Gasteiger partial charge in [-0.2, -0.15) is 0 Å². The summed E-state index contributed by atoms with van der Waals surface area (Å²) in [5.74, 6) is -2.24. The summed E-state index contributed by atoms with van der Waals surface area (Å²) in [5, 5.41) is 0. The molecular formula is C9H10F2N2O2. The van der Waals surface area contributed by atoms with Crippen LogP contribution in [0.3, 0.4) is 0 Å². The fourth-order valence-corrected chi connectivity index (χ4v) is 1.06. The number of halogens is 2. The Morgan fingerprint density at radius 1 is 1.67 bits per heavy atom. The molecule has 0 saturated heterocycles. The number of nitrogens with two attached hydrogens (primary N) is 1. The number of methoxy groups -OCH3 is 1. The van der Waals surface area contributed by atoms with Crippen LogP contribution in [0.5, 0.6) is 0 Å². The minimum Gasteiger partial charge on any atom is -0.469 e. The second-order valence-corrected chi connectivity index (χ2v) is 2.91. The minimum atomic E-state index is -0.932. The highest BCUT2D eigenvalue weighted by Gasteiger charge is 2.17. The molecule has 0 bridgehead atoms. The molecule has 0 aliphatic heterocycles. The number of carbonyl (C=O) groups excluding carboxylic acids is 1. The van der Waals surface area contributed by atoms with E-state index in [-0.39, 0.29) is 12.1 Å². The predicted molar refractivity (Wildman–Crippen MR) is 47.7 cm³/mol. The Morgan fingerprint density at radius 2 is 2.33 bits per heavy atom. The molecule has 82 valence electrons. The van der Waals surface area contributed by atoms with Gasteiger partial charge in [-0.15, -0.1) is 0 Å². The van der Waals surface area contributed by atoms with Gasteiger partial charge in [0.25, 0.3) is 0 Å². The normalized spacial score (nSPS) is 12.3. The van der Waals surface area contributed by atoms with Gasteiger partial charge in [0.05, 0.1) is 31.5 Å². The van der Waals surface area contributed by atoms with Crippen molar-refractivity contribution in [1.29, 1.82) is 0 Å². The first-order valence-electron chi connectivity index (χ1n) is 4.18. The molecule has 1 aromatic heterocycles. The van der Waals surface area contributed by atoms with Gasteiger partial charge in [0.2, 0.25) is 0 Å². The number of hydrogen-bond acceptors (Lipinski definition) is 4. The summed E-state index contributed by atoms with van der Waals surface area (Å²) in [5.41, 5.74) is 5.35. The molecule has 1 aromatic rings. The van der Waals surface area contributed by atoms with Gasteiger partial charge in [0, 0.05) is 6.07 Å². The Balaban J connectivity index is 2.82. The van der Waals surface area contributed by atoms with E-state index in [2.05, 4.69) is 9.72 Å². The van der Waals surface area contributed by atoms with Crippen LogP contribution in [0.2, 0.25) is 0 Å². The van der Waals surface area contributed by atoms with Crippen molar-refractivity contribution in [2.75, 3.05) is 7.11 Å². The lowest BCUT2D eigenvalue weighted by Crippen LogP contribution is -2.19. The molecule has 4 nitrogen and oxygen atoms in total. The van der Waals surface area contributed by atoms with Crippen molar-refractivity contribution in [2.45, 2.75) is 12.5 Å². The number of aromatic nitrogens is 1. The van der Waals surface area contributed by atoms with Crippen molar-refractivity contribution >= 4 is 5.97 Å². The van der Waals surface area contributed by atoms with E-state index in [1.54, 1.807) is 0 Å². The second kappa shape index (κ2) is 4.79. The first-order valence-corrected chi connectivity index (χ1v) is 4.18.